The van der Waals surface area contributed by atoms with Crippen LogP contribution < -0.4 is 0 Å². The van der Waals surface area contributed by atoms with Gasteiger partial charge >= 0.3 is 5.97 Å². The van der Waals surface area contributed by atoms with E-state index in [1.165, 1.54) is 0 Å². The van der Waals surface area contributed by atoms with Crippen molar-refractivity contribution in [1.82, 2.24) is 10.1 Å². The van der Waals surface area contributed by atoms with Crippen LogP contribution in [0.4, 0.5) is 0 Å². The topological polar surface area (TPSA) is 76.2 Å². The monoisotopic (exact) mass is 262 g/mol. The predicted octanol–water partition coefficient (Wildman–Crippen LogP) is 2.38. The maximum absolute atomic E-state index is 10.6. The highest BCUT2D eigenvalue weighted by atomic mass is 16.5. The van der Waals surface area contributed by atoms with E-state index in [9.17, 15) is 4.79 Å². The Morgan fingerprint density at radius 3 is 2.84 bits per heavy atom. The summed E-state index contributed by atoms with van der Waals surface area (Å²) < 4.78 is 4.95. The van der Waals surface area contributed by atoms with Crippen molar-refractivity contribution >= 4 is 5.97 Å². The zero-order valence-corrected chi connectivity index (χ0v) is 11.1. The van der Waals surface area contributed by atoms with E-state index < -0.39 is 5.97 Å². The molecule has 0 aliphatic heterocycles. The minimum Gasteiger partial charge on any atom is -0.478 e. The van der Waals surface area contributed by atoms with Gasteiger partial charge in [-0.05, 0) is 6.42 Å². The number of hydrogen-bond acceptors (Lipinski definition) is 4. The molecule has 0 saturated heterocycles. The molecule has 1 aromatic heterocycles. The molecule has 5 nitrogen and oxygen atoms in total. The molecule has 0 radical (unpaired) electrons. The summed E-state index contributed by atoms with van der Waals surface area (Å²) in [6, 6.07) is 0. The molecule has 0 fully saturated rings. The lowest BCUT2D eigenvalue weighted by molar-refractivity contribution is -0.132. The molecule has 0 spiro atoms. The lowest BCUT2D eigenvalue weighted by Gasteiger charge is -1.92. The number of aliphatic carboxylic acids is 1. The Hall–Kier alpha value is -2.09. The summed E-state index contributed by atoms with van der Waals surface area (Å²) in [6.07, 6.45) is 4.56. The Morgan fingerprint density at radius 2 is 2.16 bits per heavy atom. The first kappa shape index (κ1) is 15.0. The predicted molar refractivity (Wildman–Crippen MR) is 70.4 cm³/mol. The van der Waals surface area contributed by atoms with Crippen LogP contribution in [0.3, 0.4) is 0 Å². The van der Waals surface area contributed by atoms with E-state index in [-0.39, 0.29) is 17.9 Å². The molecule has 1 aromatic rings. The molecule has 0 aliphatic carbocycles. The Balaban J connectivity index is 2.36. The first-order chi connectivity index (χ1) is 9.13. The van der Waals surface area contributed by atoms with Crippen molar-refractivity contribution in [3.8, 4) is 11.8 Å². The highest BCUT2D eigenvalue weighted by Gasteiger charge is 2.11. The van der Waals surface area contributed by atoms with Crippen molar-refractivity contribution in [2.75, 3.05) is 0 Å². The maximum atomic E-state index is 10.6. The molecular weight excluding hydrogens is 244 g/mol. The molecule has 19 heavy (non-hydrogen) atoms. The number of carboxylic acid groups (broad SMARTS) is 1. The Labute approximate surface area is 112 Å². The van der Waals surface area contributed by atoms with Crippen molar-refractivity contribution in [2.24, 2.45) is 0 Å². The lowest BCUT2D eigenvalue weighted by Crippen LogP contribution is -2.02. The Bertz CT molecular complexity index is 494. The van der Waals surface area contributed by atoms with Crippen LogP contribution in [0, 0.1) is 11.8 Å². The molecular formula is C14H18N2O3. The van der Waals surface area contributed by atoms with Gasteiger partial charge in [0, 0.05) is 24.8 Å². The zero-order valence-electron chi connectivity index (χ0n) is 11.1. The van der Waals surface area contributed by atoms with Crippen molar-refractivity contribution in [2.45, 2.75) is 45.4 Å². The van der Waals surface area contributed by atoms with Gasteiger partial charge in [-0.2, -0.15) is 4.98 Å². The molecule has 0 bridgehead atoms. The summed E-state index contributed by atoms with van der Waals surface area (Å²) in [5, 5.41) is 12.5. The number of nitrogens with zero attached hydrogens (tertiary/aromatic N) is 2. The van der Waals surface area contributed by atoms with Crippen molar-refractivity contribution in [3.63, 3.8) is 0 Å². The van der Waals surface area contributed by atoms with E-state index in [1.54, 1.807) is 0 Å². The number of unbranched alkanes of at least 4 members (excludes halogenated alkanes) is 2. The van der Waals surface area contributed by atoms with Gasteiger partial charge in [0.1, 0.15) is 0 Å². The minimum atomic E-state index is -1.05. The van der Waals surface area contributed by atoms with Crippen molar-refractivity contribution in [3.05, 3.63) is 23.9 Å². The first-order valence-electron chi connectivity index (χ1n) is 6.31. The fraction of sp³-hybridized carbons (Fsp3) is 0.500. The SMILES string of the molecule is C=C(Cc1nc(CCC#CCCCC)no1)C(=O)O. The average Bonchev–Trinajstić information content (AvgIpc) is 2.81. The fourth-order valence-corrected chi connectivity index (χ4v) is 1.34. The molecule has 1 N–H and O–H groups in total. The highest BCUT2D eigenvalue weighted by molar-refractivity contribution is 5.86. The van der Waals surface area contributed by atoms with Gasteiger partial charge in [-0.15, -0.1) is 11.8 Å². The average molecular weight is 262 g/mol. The number of hydrogen-bond donors (Lipinski definition) is 1. The summed E-state index contributed by atoms with van der Waals surface area (Å²) in [4.78, 5) is 14.7. The largest absolute Gasteiger partial charge is 0.478 e. The standard InChI is InChI=1S/C14H18N2O3/c1-3-4-5-6-7-8-9-12-15-13(19-16-12)10-11(2)14(17)18/h2-5,8-10H2,1H3,(H,17,18). The molecule has 0 unspecified atom stereocenters. The third kappa shape index (κ3) is 5.87. The van der Waals surface area contributed by atoms with Gasteiger partial charge in [0.25, 0.3) is 0 Å². The van der Waals surface area contributed by atoms with Crippen LogP contribution in [-0.4, -0.2) is 21.2 Å². The smallest absolute Gasteiger partial charge is 0.331 e. The van der Waals surface area contributed by atoms with Crippen LogP contribution >= 0.6 is 0 Å². The third-order valence-corrected chi connectivity index (χ3v) is 2.43. The summed E-state index contributed by atoms with van der Waals surface area (Å²) in [7, 11) is 0. The van der Waals surface area contributed by atoms with E-state index >= 15 is 0 Å². The van der Waals surface area contributed by atoms with Gasteiger partial charge in [0.15, 0.2) is 5.82 Å². The second-order valence-electron chi connectivity index (χ2n) is 4.15. The normalized spacial score (nSPS) is 9.74. The molecule has 1 rings (SSSR count). The molecule has 1 heterocycles. The molecule has 5 heteroatoms. The van der Waals surface area contributed by atoms with Gasteiger partial charge in [0.2, 0.25) is 5.89 Å². The number of carboxylic acids is 1. The van der Waals surface area contributed by atoms with E-state index in [1.807, 2.05) is 0 Å². The van der Waals surface area contributed by atoms with E-state index in [0.29, 0.717) is 18.7 Å². The molecule has 0 saturated carbocycles. The summed E-state index contributed by atoms with van der Waals surface area (Å²) in [5.74, 6) is 5.91. The second-order valence-corrected chi connectivity index (χ2v) is 4.15. The van der Waals surface area contributed by atoms with Gasteiger partial charge < -0.3 is 9.63 Å². The molecule has 0 amide bonds. The van der Waals surface area contributed by atoms with Gasteiger partial charge in [0.05, 0.1) is 6.42 Å². The maximum Gasteiger partial charge on any atom is 0.331 e. The highest BCUT2D eigenvalue weighted by Crippen LogP contribution is 2.06. The van der Waals surface area contributed by atoms with Gasteiger partial charge in [-0.1, -0.05) is 25.1 Å². The number of rotatable bonds is 7. The van der Waals surface area contributed by atoms with Gasteiger partial charge in [-0.3, -0.25) is 0 Å². The van der Waals surface area contributed by atoms with Crippen LogP contribution in [0.1, 0.15) is 44.3 Å². The lowest BCUT2D eigenvalue weighted by atomic mass is 10.2. The summed E-state index contributed by atoms with van der Waals surface area (Å²) in [6.45, 7) is 5.55. The molecule has 0 aliphatic rings. The van der Waals surface area contributed by atoms with Crippen LogP contribution in [0.5, 0.6) is 0 Å². The van der Waals surface area contributed by atoms with Crippen LogP contribution in [0.15, 0.2) is 16.7 Å². The van der Waals surface area contributed by atoms with Crippen LogP contribution in [0.2, 0.25) is 0 Å². The fourth-order valence-electron chi connectivity index (χ4n) is 1.34. The van der Waals surface area contributed by atoms with Gasteiger partial charge in [-0.25, -0.2) is 4.79 Å². The summed E-state index contributed by atoms with van der Waals surface area (Å²) >= 11 is 0. The first-order valence-corrected chi connectivity index (χ1v) is 6.31. The quantitative estimate of drug-likeness (QED) is 0.464. The van der Waals surface area contributed by atoms with E-state index in [4.69, 9.17) is 9.63 Å². The second kappa shape index (κ2) is 8.09. The van der Waals surface area contributed by atoms with Crippen LogP contribution in [0.25, 0.3) is 0 Å². The molecule has 0 aromatic carbocycles. The van der Waals surface area contributed by atoms with E-state index in [0.717, 1.165) is 19.3 Å². The number of carbonyl (C=O) groups is 1. The number of aromatic nitrogens is 2. The van der Waals surface area contributed by atoms with Crippen molar-refractivity contribution in [1.29, 1.82) is 0 Å². The van der Waals surface area contributed by atoms with Crippen molar-refractivity contribution < 1.29 is 14.4 Å². The summed E-state index contributed by atoms with van der Waals surface area (Å²) in [5.41, 5.74) is 0.0366. The Morgan fingerprint density at radius 1 is 1.42 bits per heavy atom. The number of aryl methyl sites for hydroxylation is 1. The third-order valence-electron chi connectivity index (χ3n) is 2.43. The minimum absolute atomic E-state index is 0.0366. The Kier molecular flexibility index (Phi) is 6.37. The molecule has 0 atom stereocenters. The molecule has 102 valence electrons. The zero-order chi connectivity index (χ0) is 14.1. The van der Waals surface area contributed by atoms with Crippen LogP contribution in [-0.2, 0) is 17.6 Å². The van der Waals surface area contributed by atoms with E-state index in [2.05, 4.69) is 35.5 Å².